The van der Waals surface area contributed by atoms with Crippen LogP contribution in [0.15, 0.2) is 30.7 Å². The van der Waals surface area contributed by atoms with E-state index in [0.717, 1.165) is 32.1 Å². The predicted molar refractivity (Wildman–Crippen MR) is 103 cm³/mol. The molecule has 0 saturated heterocycles. The molecule has 0 amide bonds. The number of fused-ring (bicyclic) bond motifs is 3. The van der Waals surface area contributed by atoms with Crippen molar-refractivity contribution in [3.05, 3.63) is 41.9 Å². The van der Waals surface area contributed by atoms with Gasteiger partial charge in [0.25, 0.3) is 0 Å². The number of nitrogens with zero attached hydrogens (tertiary/aromatic N) is 2. The van der Waals surface area contributed by atoms with Crippen LogP contribution in [-0.2, 0) is 14.3 Å². The molecule has 0 spiro atoms. The van der Waals surface area contributed by atoms with Gasteiger partial charge in [0, 0.05) is 12.7 Å². The molecule has 2 aromatic rings. The van der Waals surface area contributed by atoms with E-state index in [0.29, 0.717) is 5.92 Å². The number of imidazole rings is 1. The molecule has 0 radical (unpaired) electrons. The maximum absolute atomic E-state index is 11.8. The topological polar surface area (TPSA) is 53.3 Å². The van der Waals surface area contributed by atoms with Gasteiger partial charge in [-0.1, -0.05) is 18.2 Å². The highest BCUT2D eigenvalue weighted by Gasteiger charge is 2.36. The molecule has 1 fully saturated rings. The van der Waals surface area contributed by atoms with Gasteiger partial charge in [0.1, 0.15) is 0 Å². The summed E-state index contributed by atoms with van der Waals surface area (Å²) in [7, 11) is 3.30. The highest BCUT2D eigenvalue weighted by Crippen LogP contribution is 2.45. The van der Waals surface area contributed by atoms with Gasteiger partial charge in [0.05, 0.1) is 43.4 Å². The minimum Gasteiger partial charge on any atom is -0.469 e. The number of hydrogen-bond acceptors (Lipinski definition) is 4. The van der Waals surface area contributed by atoms with Crippen LogP contribution in [0.2, 0.25) is 0 Å². The van der Waals surface area contributed by atoms with E-state index in [2.05, 4.69) is 34.7 Å². The first-order valence-electron chi connectivity index (χ1n) is 9.86. The fourth-order valence-electron chi connectivity index (χ4n) is 5.07. The van der Waals surface area contributed by atoms with E-state index in [1.165, 1.54) is 29.5 Å². The van der Waals surface area contributed by atoms with E-state index in [1.54, 1.807) is 0 Å². The molecule has 0 N–H and O–H groups in total. The van der Waals surface area contributed by atoms with Crippen molar-refractivity contribution in [3.63, 3.8) is 0 Å². The number of ether oxygens (including phenoxy) is 2. The number of esters is 1. The monoisotopic (exact) mass is 368 g/mol. The lowest BCUT2D eigenvalue weighted by molar-refractivity contribution is -0.147. The maximum atomic E-state index is 11.8. The van der Waals surface area contributed by atoms with E-state index in [4.69, 9.17) is 9.47 Å². The van der Waals surface area contributed by atoms with Crippen LogP contribution in [0.4, 0.5) is 0 Å². The van der Waals surface area contributed by atoms with E-state index >= 15 is 0 Å². The number of methoxy groups -OCH3 is 2. The number of rotatable bonds is 5. The van der Waals surface area contributed by atoms with Gasteiger partial charge in [-0.15, -0.1) is 0 Å². The molecule has 1 aromatic heterocycles. The van der Waals surface area contributed by atoms with Crippen LogP contribution < -0.4 is 0 Å². The summed E-state index contributed by atoms with van der Waals surface area (Å²) in [5, 5.41) is 0. The third-order valence-electron chi connectivity index (χ3n) is 6.53. The van der Waals surface area contributed by atoms with Crippen LogP contribution in [0, 0.1) is 18.8 Å². The van der Waals surface area contributed by atoms with Crippen molar-refractivity contribution in [1.29, 1.82) is 0 Å². The van der Waals surface area contributed by atoms with Gasteiger partial charge in [-0.2, -0.15) is 0 Å². The van der Waals surface area contributed by atoms with Crippen LogP contribution in [0.5, 0.6) is 0 Å². The fraction of sp³-hybridized carbons (Fsp3) is 0.545. The molecular weight excluding hydrogens is 340 g/mol. The normalized spacial score (nSPS) is 24.9. The average molecular weight is 368 g/mol. The second-order valence-corrected chi connectivity index (χ2v) is 7.88. The standard InChI is InChI=1S/C22H28N2O3/c1-14-5-4-6-17-19-12-23-13-24(19)18(21(14)17)11-20(26-2)15-7-9-16(10-8-15)22(25)27-3/h4-6,12-13,15-16,18,20H,7-11H2,1-3H3. The van der Waals surface area contributed by atoms with Gasteiger partial charge < -0.3 is 14.0 Å². The number of aryl methyl sites for hydroxylation is 1. The fourth-order valence-corrected chi connectivity index (χ4v) is 5.07. The summed E-state index contributed by atoms with van der Waals surface area (Å²) in [5.41, 5.74) is 5.22. The second kappa shape index (κ2) is 7.47. The molecule has 0 bridgehead atoms. The number of hydrogen-bond donors (Lipinski definition) is 0. The van der Waals surface area contributed by atoms with Gasteiger partial charge in [-0.3, -0.25) is 4.79 Å². The molecular formula is C22H28N2O3. The first-order chi connectivity index (χ1) is 13.1. The summed E-state index contributed by atoms with van der Waals surface area (Å²) in [6.07, 6.45) is 8.84. The Kier molecular flexibility index (Phi) is 5.04. The zero-order valence-electron chi connectivity index (χ0n) is 16.4. The lowest BCUT2D eigenvalue weighted by atomic mass is 9.77. The van der Waals surface area contributed by atoms with Crippen LogP contribution in [0.3, 0.4) is 0 Å². The van der Waals surface area contributed by atoms with E-state index in [1.807, 2.05) is 19.6 Å². The number of carbonyl (C=O) groups is 1. The zero-order valence-corrected chi connectivity index (χ0v) is 16.4. The minimum atomic E-state index is -0.0641. The lowest BCUT2D eigenvalue weighted by Crippen LogP contribution is -2.32. The molecule has 144 valence electrons. The Bertz CT molecular complexity index is 821. The molecule has 2 unspecified atom stereocenters. The Balaban J connectivity index is 1.53. The molecule has 1 aromatic carbocycles. The SMILES string of the molecule is COC(=O)C1CCC(C(CC2c3c(C)cccc3-c3cncn32)OC)CC1. The molecule has 2 atom stereocenters. The van der Waals surface area contributed by atoms with E-state index in [-0.39, 0.29) is 24.0 Å². The molecule has 5 heteroatoms. The first-order valence-corrected chi connectivity index (χ1v) is 9.86. The lowest BCUT2D eigenvalue weighted by Gasteiger charge is -2.34. The van der Waals surface area contributed by atoms with Crippen LogP contribution in [0.1, 0.15) is 49.3 Å². The zero-order chi connectivity index (χ0) is 19.0. The average Bonchev–Trinajstić information content (AvgIpc) is 3.28. The molecule has 2 aliphatic rings. The largest absolute Gasteiger partial charge is 0.469 e. The Morgan fingerprint density at radius 1 is 1.26 bits per heavy atom. The molecule has 4 rings (SSSR count). The van der Waals surface area contributed by atoms with Crippen molar-refractivity contribution in [1.82, 2.24) is 9.55 Å². The molecule has 2 heterocycles. The quantitative estimate of drug-likeness (QED) is 0.744. The number of aromatic nitrogens is 2. The third kappa shape index (κ3) is 3.18. The summed E-state index contributed by atoms with van der Waals surface area (Å²) in [5.74, 6) is 0.472. The summed E-state index contributed by atoms with van der Waals surface area (Å²) < 4.78 is 13.2. The van der Waals surface area contributed by atoms with Crippen molar-refractivity contribution >= 4 is 5.97 Å². The smallest absolute Gasteiger partial charge is 0.308 e. The first kappa shape index (κ1) is 18.2. The summed E-state index contributed by atoms with van der Waals surface area (Å²) in [4.78, 5) is 16.2. The van der Waals surface area contributed by atoms with E-state index in [9.17, 15) is 4.79 Å². The minimum absolute atomic E-state index is 0.0541. The molecule has 27 heavy (non-hydrogen) atoms. The Hall–Kier alpha value is -2.14. The van der Waals surface area contributed by atoms with Crippen LogP contribution in [0.25, 0.3) is 11.3 Å². The molecule has 1 aliphatic carbocycles. The van der Waals surface area contributed by atoms with Crippen LogP contribution >= 0.6 is 0 Å². The maximum Gasteiger partial charge on any atom is 0.308 e. The van der Waals surface area contributed by atoms with Gasteiger partial charge in [0.2, 0.25) is 0 Å². The Morgan fingerprint density at radius 2 is 2.04 bits per heavy atom. The Morgan fingerprint density at radius 3 is 2.74 bits per heavy atom. The summed E-state index contributed by atoms with van der Waals surface area (Å²) in [6, 6.07) is 6.77. The predicted octanol–water partition coefficient (Wildman–Crippen LogP) is 4.15. The molecule has 1 aliphatic heterocycles. The van der Waals surface area contributed by atoms with E-state index < -0.39 is 0 Å². The second-order valence-electron chi connectivity index (χ2n) is 7.88. The third-order valence-corrected chi connectivity index (χ3v) is 6.53. The van der Waals surface area contributed by atoms with Gasteiger partial charge >= 0.3 is 5.97 Å². The number of benzene rings is 1. The Labute approximate surface area is 160 Å². The van der Waals surface area contributed by atoms with Crippen molar-refractivity contribution in [2.45, 2.75) is 51.2 Å². The van der Waals surface area contributed by atoms with Crippen molar-refractivity contribution in [3.8, 4) is 11.3 Å². The van der Waals surface area contributed by atoms with Crippen molar-refractivity contribution in [2.24, 2.45) is 11.8 Å². The van der Waals surface area contributed by atoms with Crippen molar-refractivity contribution in [2.75, 3.05) is 14.2 Å². The van der Waals surface area contributed by atoms with Gasteiger partial charge in [0.15, 0.2) is 0 Å². The number of carbonyl (C=O) groups excluding carboxylic acids is 1. The van der Waals surface area contributed by atoms with Crippen molar-refractivity contribution < 1.29 is 14.3 Å². The van der Waals surface area contributed by atoms with Gasteiger partial charge in [-0.05, 0) is 56.1 Å². The molecule has 5 nitrogen and oxygen atoms in total. The highest BCUT2D eigenvalue weighted by molar-refractivity contribution is 5.72. The highest BCUT2D eigenvalue weighted by atomic mass is 16.5. The summed E-state index contributed by atoms with van der Waals surface area (Å²) >= 11 is 0. The summed E-state index contributed by atoms with van der Waals surface area (Å²) in [6.45, 7) is 2.19. The molecule has 1 saturated carbocycles. The van der Waals surface area contributed by atoms with Crippen LogP contribution in [-0.4, -0.2) is 35.8 Å². The van der Waals surface area contributed by atoms with Gasteiger partial charge in [-0.25, -0.2) is 4.98 Å².